The van der Waals surface area contributed by atoms with Gasteiger partial charge in [0.25, 0.3) is 0 Å². The molecule has 11 aromatic carbocycles. The third-order valence-corrected chi connectivity index (χ3v) is 13.0. The minimum Gasteiger partial charge on any atom is -0.309 e. The Balaban J connectivity index is 0.860. The fraction of sp³-hybridized carbons (Fsp3) is 0. The van der Waals surface area contributed by atoms with E-state index in [4.69, 9.17) is 0 Å². The molecule has 0 atom stereocenters. The van der Waals surface area contributed by atoms with Gasteiger partial charge in [0.2, 0.25) is 0 Å². The fourth-order valence-electron chi connectivity index (χ4n) is 10.2. The molecule has 0 saturated carbocycles. The Morgan fingerprint density at radius 3 is 1.54 bits per heavy atom. The molecule has 0 spiro atoms. The molecule has 0 aliphatic heterocycles. The zero-order valence-electron chi connectivity index (χ0n) is 32.9. The molecule has 0 amide bonds. The van der Waals surface area contributed by atoms with E-state index in [2.05, 4.69) is 192 Å². The summed E-state index contributed by atoms with van der Waals surface area (Å²) in [5.74, 6) is 0. The molecule has 3 nitrogen and oxygen atoms in total. The van der Waals surface area contributed by atoms with E-state index in [0.29, 0.717) is 5.56 Å². The van der Waals surface area contributed by atoms with E-state index in [1.807, 2.05) is 24.4 Å². The van der Waals surface area contributed by atoms with Crippen molar-refractivity contribution in [2.75, 3.05) is 0 Å². The van der Waals surface area contributed by atoms with Crippen molar-refractivity contribution in [1.82, 2.24) is 9.55 Å². The molecular weight excluding hydrogens is 739 g/mol. The van der Waals surface area contributed by atoms with Gasteiger partial charge in [-0.2, -0.15) is 5.26 Å². The van der Waals surface area contributed by atoms with Crippen LogP contribution in [0, 0.1) is 11.3 Å². The Morgan fingerprint density at radius 1 is 0.377 bits per heavy atom. The number of para-hydroxylation sites is 2. The highest BCUT2D eigenvalue weighted by Gasteiger charge is 2.21. The maximum atomic E-state index is 10.0. The van der Waals surface area contributed by atoms with Crippen molar-refractivity contribution in [3.8, 4) is 56.3 Å². The maximum Gasteiger partial charge on any atom is 0.0998 e. The molecule has 13 rings (SSSR count). The first-order chi connectivity index (χ1) is 30.2. The molecule has 0 radical (unpaired) electrons. The monoisotopic (exact) mass is 771 g/mol. The zero-order valence-corrected chi connectivity index (χ0v) is 32.9. The SMILES string of the molecule is N#Cc1ccc2c3c1ccc1c(-c4ccc(-c5cc6ccc7cc(-c8ccc(-c9cccc%10cccnc9%10)cc8)cc8ccc(c5)c6c78)cc4)ccc(c13)n2-c1ccccc1. The van der Waals surface area contributed by atoms with Gasteiger partial charge < -0.3 is 4.57 Å². The lowest BCUT2D eigenvalue weighted by Gasteiger charge is -2.15. The molecule has 0 saturated heterocycles. The second kappa shape index (κ2) is 12.8. The van der Waals surface area contributed by atoms with Gasteiger partial charge in [-0.1, -0.05) is 133 Å². The molecule has 2 heterocycles. The van der Waals surface area contributed by atoms with Crippen molar-refractivity contribution in [3.05, 3.63) is 206 Å². The number of benzene rings is 11. The summed E-state index contributed by atoms with van der Waals surface area (Å²) in [6.45, 7) is 0. The van der Waals surface area contributed by atoms with Crippen LogP contribution in [0.4, 0.5) is 0 Å². The molecule has 61 heavy (non-hydrogen) atoms. The first-order valence-electron chi connectivity index (χ1n) is 20.7. The molecule has 0 bridgehead atoms. The highest BCUT2D eigenvalue weighted by molar-refractivity contribution is 6.28. The first kappa shape index (κ1) is 33.6. The number of nitriles is 1. The Bertz CT molecular complexity index is 3840. The number of rotatable bonds is 5. The lowest BCUT2D eigenvalue weighted by atomic mass is 9.89. The van der Waals surface area contributed by atoms with Crippen LogP contribution in [0.3, 0.4) is 0 Å². The quantitative estimate of drug-likeness (QED) is 0.164. The van der Waals surface area contributed by atoms with Crippen molar-refractivity contribution in [2.24, 2.45) is 0 Å². The largest absolute Gasteiger partial charge is 0.309 e. The van der Waals surface area contributed by atoms with Gasteiger partial charge in [-0.05, 0) is 137 Å². The van der Waals surface area contributed by atoms with Crippen LogP contribution >= 0.6 is 0 Å². The average molecular weight is 772 g/mol. The molecule has 13 aromatic rings. The second-order valence-electron chi connectivity index (χ2n) is 16.2. The topological polar surface area (TPSA) is 41.6 Å². The molecular formula is C58H33N3. The highest BCUT2D eigenvalue weighted by atomic mass is 15.0. The van der Waals surface area contributed by atoms with Crippen molar-refractivity contribution in [1.29, 1.82) is 5.26 Å². The number of pyridine rings is 1. The van der Waals surface area contributed by atoms with E-state index in [0.717, 1.165) is 44.0 Å². The molecule has 2 aromatic heterocycles. The van der Waals surface area contributed by atoms with E-state index in [1.54, 1.807) is 0 Å². The van der Waals surface area contributed by atoms with Crippen LogP contribution < -0.4 is 0 Å². The minimum atomic E-state index is 0.701. The summed E-state index contributed by atoms with van der Waals surface area (Å²) in [5.41, 5.74) is 14.6. The summed E-state index contributed by atoms with van der Waals surface area (Å²) in [5, 5.41) is 23.3. The van der Waals surface area contributed by atoms with E-state index in [1.165, 1.54) is 82.0 Å². The first-order valence-corrected chi connectivity index (χ1v) is 20.7. The third-order valence-electron chi connectivity index (χ3n) is 13.0. The highest BCUT2D eigenvalue weighted by Crippen LogP contribution is 2.44. The number of hydrogen-bond acceptors (Lipinski definition) is 2. The van der Waals surface area contributed by atoms with Gasteiger partial charge in [-0.3, -0.25) is 4.98 Å². The van der Waals surface area contributed by atoms with Crippen molar-refractivity contribution < 1.29 is 0 Å². The normalized spacial score (nSPS) is 11.9. The minimum absolute atomic E-state index is 0.701. The van der Waals surface area contributed by atoms with Gasteiger partial charge in [-0.15, -0.1) is 0 Å². The molecule has 0 N–H and O–H groups in total. The van der Waals surface area contributed by atoms with Crippen LogP contribution in [-0.4, -0.2) is 9.55 Å². The summed E-state index contributed by atoms with van der Waals surface area (Å²) in [4.78, 5) is 4.68. The van der Waals surface area contributed by atoms with Crippen LogP contribution in [0.2, 0.25) is 0 Å². The predicted molar refractivity (Wildman–Crippen MR) is 255 cm³/mol. The maximum absolute atomic E-state index is 10.0. The summed E-state index contributed by atoms with van der Waals surface area (Å²) in [6, 6.07) is 72.7. The van der Waals surface area contributed by atoms with Crippen LogP contribution in [0.25, 0.3) is 126 Å². The van der Waals surface area contributed by atoms with E-state index in [-0.39, 0.29) is 0 Å². The fourth-order valence-corrected chi connectivity index (χ4v) is 10.2. The van der Waals surface area contributed by atoms with Gasteiger partial charge in [0.1, 0.15) is 0 Å². The Morgan fingerprint density at radius 2 is 0.918 bits per heavy atom. The van der Waals surface area contributed by atoms with Crippen molar-refractivity contribution in [3.63, 3.8) is 0 Å². The molecule has 0 fully saturated rings. The summed E-state index contributed by atoms with van der Waals surface area (Å²) >= 11 is 0. The molecule has 0 unspecified atom stereocenters. The molecule has 0 aliphatic rings. The van der Waals surface area contributed by atoms with Crippen molar-refractivity contribution >= 4 is 75.8 Å². The lowest BCUT2D eigenvalue weighted by Crippen LogP contribution is -1.93. The van der Waals surface area contributed by atoms with E-state index >= 15 is 0 Å². The van der Waals surface area contributed by atoms with E-state index in [9.17, 15) is 5.26 Å². The smallest absolute Gasteiger partial charge is 0.0998 e. The third kappa shape index (κ3) is 5.00. The van der Waals surface area contributed by atoms with Gasteiger partial charge in [0, 0.05) is 39.0 Å². The van der Waals surface area contributed by atoms with Crippen LogP contribution in [0.5, 0.6) is 0 Å². The van der Waals surface area contributed by atoms with Gasteiger partial charge >= 0.3 is 0 Å². The number of fused-ring (bicyclic) bond motifs is 1. The number of aromatic nitrogens is 2. The lowest BCUT2D eigenvalue weighted by molar-refractivity contribution is 1.18. The Kier molecular flexibility index (Phi) is 7.08. The van der Waals surface area contributed by atoms with Gasteiger partial charge in [0.05, 0.1) is 28.2 Å². The van der Waals surface area contributed by atoms with E-state index < -0.39 is 0 Å². The van der Waals surface area contributed by atoms with Gasteiger partial charge in [-0.25, -0.2) is 0 Å². The number of nitrogens with zero attached hydrogens (tertiary/aromatic N) is 3. The predicted octanol–water partition coefficient (Wildman–Crippen LogP) is 15.4. The summed E-state index contributed by atoms with van der Waals surface area (Å²) in [6.07, 6.45) is 1.87. The Labute approximate surface area is 351 Å². The Hall–Kier alpha value is -8.32. The van der Waals surface area contributed by atoms with Crippen LogP contribution in [-0.2, 0) is 0 Å². The average Bonchev–Trinajstić information content (AvgIpc) is 3.67. The molecule has 3 heteroatoms. The van der Waals surface area contributed by atoms with Crippen LogP contribution in [0.1, 0.15) is 5.56 Å². The molecule has 280 valence electrons. The number of hydrogen-bond donors (Lipinski definition) is 0. The zero-order chi connectivity index (χ0) is 40.2. The molecule has 0 aliphatic carbocycles. The summed E-state index contributed by atoms with van der Waals surface area (Å²) < 4.78 is 2.33. The van der Waals surface area contributed by atoms with Crippen LogP contribution in [0.15, 0.2) is 200 Å². The van der Waals surface area contributed by atoms with Crippen molar-refractivity contribution in [2.45, 2.75) is 0 Å². The second-order valence-corrected chi connectivity index (χ2v) is 16.2. The standard InChI is InChI=1S/C58H33N3/c59-34-44-23-27-52-56-49(44)24-25-51-48(26-28-53(57(51)56)61(52)47-8-2-1-3-9-47)37-15-11-35(12-16-37)45-30-40-19-21-42-32-46(33-43-22-20-41(31-45)54(40)55(42)43)36-13-17-38(18-14-36)50-10-4-6-39-7-5-29-60-58(39)50/h1-33H. The summed E-state index contributed by atoms with van der Waals surface area (Å²) in [7, 11) is 0. The van der Waals surface area contributed by atoms with Gasteiger partial charge in [0.15, 0.2) is 0 Å².